The van der Waals surface area contributed by atoms with Crippen molar-refractivity contribution in [3.8, 4) is 5.75 Å². The van der Waals surface area contributed by atoms with Crippen LogP contribution in [0.4, 0.5) is 0 Å². The third kappa shape index (κ3) is 1.94. The van der Waals surface area contributed by atoms with Crippen LogP contribution in [-0.2, 0) is 19.9 Å². The Balaban J connectivity index is 1.81. The van der Waals surface area contributed by atoms with E-state index in [4.69, 9.17) is 9.47 Å². The fraction of sp³-hybridized carbons (Fsp3) is 0.474. The first-order valence-electron chi connectivity index (χ1n) is 8.43. The number of fused-ring (bicyclic) bond motifs is 1. The lowest BCUT2D eigenvalue weighted by molar-refractivity contribution is -0.152. The zero-order chi connectivity index (χ0) is 18.0. The highest BCUT2D eigenvalue weighted by molar-refractivity contribution is 5.91. The molecule has 6 nitrogen and oxygen atoms in total. The molecule has 0 saturated carbocycles. The van der Waals surface area contributed by atoms with Crippen LogP contribution >= 0.6 is 0 Å². The van der Waals surface area contributed by atoms with E-state index < -0.39 is 29.0 Å². The molecular formula is C19H21NO5. The Morgan fingerprint density at radius 3 is 2.56 bits per heavy atom. The second kappa shape index (κ2) is 5.08. The van der Waals surface area contributed by atoms with E-state index in [-0.39, 0.29) is 11.9 Å². The largest absolute Gasteiger partial charge is 0.497 e. The molecule has 132 valence electrons. The number of carboxylic acids is 1. The third-order valence-corrected chi connectivity index (χ3v) is 5.69. The molecule has 3 aliphatic rings. The van der Waals surface area contributed by atoms with Crippen molar-refractivity contribution in [3.05, 3.63) is 42.0 Å². The number of ether oxygens (including phenoxy) is 2. The molecule has 4 atom stereocenters. The number of carbonyl (C=O) groups excluding carboxylic acids is 1. The maximum absolute atomic E-state index is 12.9. The maximum Gasteiger partial charge on any atom is 0.311 e. The Morgan fingerprint density at radius 1 is 1.32 bits per heavy atom. The van der Waals surface area contributed by atoms with Gasteiger partial charge < -0.3 is 19.5 Å². The minimum Gasteiger partial charge on any atom is -0.497 e. The van der Waals surface area contributed by atoms with Crippen LogP contribution in [0.3, 0.4) is 0 Å². The zero-order valence-electron chi connectivity index (χ0n) is 14.4. The predicted octanol–water partition coefficient (Wildman–Crippen LogP) is 1.80. The fourth-order valence-corrected chi connectivity index (χ4v) is 4.52. The van der Waals surface area contributed by atoms with Gasteiger partial charge in [-0.1, -0.05) is 18.2 Å². The minimum atomic E-state index is -1.11. The van der Waals surface area contributed by atoms with Crippen molar-refractivity contribution in [3.63, 3.8) is 0 Å². The summed E-state index contributed by atoms with van der Waals surface area (Å²) in [4.78, 5) is 26.8. The van der Waals surface area contributed by atoms with Crippen molar-refractivity contribution in [1.82, 2.24) is 4.90 Å². The molecule has 1 aromatic carbocycles. The smallest absolute Gasteiger partial charge is 0.311 e. The number of likely N-dealkylation sites (tertiary alicyclic amines) is 1. The first-order valence-corrected chi connectivity index (χ1v) is 8.43. The van der Waals surface area contributed by atoms with E-state index in [0.717, 1.165) is 5.56 Å². The highest BCUT2D eigenvalue weighted by Gasteiger charge is 2.73. The Bertz CT molecular complexity index is 771. The molecule has 4 rings (SSSR count). The molecule has 1 aromatic rings. The van der Waals surface area contributed by atoms with E-state index in [1.807, 2.05) is 38.1 Å². The number of amides is 1. The summed E-state index contributed by atoms with van der Waals surface area (Å²) in [6.07, 6.45) is 3.71. The highest BCUT2D eigenvalue weighted by atomic mass is 16.5. The van der Waals surface area contributed by atoms with Gasteiger partial charge in [0.25, 0.3) is 0 Å². The summed E-state index contributed by atoms with van der Waals surface area (Å²) < 4.78 is 11.5. The molecule has 1 N–H and O–H groups in total. The third-order valence-electron chi connectivity index (χ3n) is 5.69. The van der Waals surface area contributed by atoms with E-state index in [9.17, 15) is 14.7 Å². The van der Waals surface area contributed by atoms with Gasteiger partial charge in [0.15, 0.2) is 0 Å². The van der Waals surface area contributed by atoms with Gasteiger partial charge in [0.05, 0.1) is 19.6 Å². The van der Waals surface area contributed by atoms with Crippen LogP contribution in [0.1, 0.15) is 19.4 Å². The van der Waals surface area contributed by atoms with Crippen LogP contribution in [0.5, 0.6) is 5.75 Å². The second-order valence-electron chi connectivity index (χ2n) is 7.27. The molecule has 0 aromatic heterocycles. The topological polar surface area (TPSA) is 76.1 Å². The second-order valence-corrected chi connectivity index (χ2v) is 7.27. The van der Waals surface area contributed by atoms with Crippen LogP contribution in [0.2, 0.25) is 0 Å². The molecule has 25 heavy (non-hydrogen) atoms. The average molecular weight is 343 g/mol. The molecule has 6 heteroatoms. The van der Waals surface area contributed by atoms with E-state index in [1.54, 1.807) is 24.1 Å². The van der Waals surface area contributed by atoms with Crippen LogP contribution in [0, 0.1) is 11.8 Å². The van der Waals surface area contributed by atoms with Crippen LogP contribution in [-0.4, -0.2) is 47.2 Å². The van der Waals surface area contributed by atoms with Crippen molar-refractivity contribution in [1.29, 1.82) is 0 Å². The Hall–Kier alpha value is -2.34. The Kier molecular flexibility index (Phi) is 3.28. The van der Waals surface area contributed by atoms with Gasteiger partial charge in [-0.15, -0.1) is 0 Å². The Labute approximate surface area is 146 Å². The molecule has 3 heterocycles. The van der Waals surface area contributed by atoms with Gasteiger partial charge in [-0.3, -0.25) is 9.59 Å². The summed E-state index contributed by atoms with van der Waals surface area (Å²) in [5.41, 5.74) is -1.24. The standard InChI is InChI=1S/C19H21NO5/c1-11(2)20-10-18-8-9-19(25-18,12-4-6-13(24-3)7-5-12)15(17(22)23)14(18)16(20)21/h4-9,11,14-15H,10H2,1-3H3,(H,22,23). The molecule has 2 bridgehead atoms. The van der Waals surface area contributed by atoms with Crippen molar-refractivity contribution in [2.24, 2.45) is 11.8 Å². The highest BCUT2D eigenvalue weighted by Crippen LogP contribution is 2.61. The fourth-order valence-electron chi connectivity index (χ4n) is 4.52. The number of nitrogens with zero attached hydrogens (tertiary/aromatic N) is 1. The summed E-state index contributed by atoms with van der Waals surface area (Å²) in [7, 11) is 1.58. The number of hydrogen-bond acceptors (Lipinski definition) is 4. The normalized spacial score (nSPS) is 35.5. The first kappa shape index (κ1) is 16.1. The molecular weight excluding hydrogens is 322 g/mol. The summed E-state index contributed by atoms with van der Waals surface area (Å²) in [6, 6.07) is 7.19. The van der Waals surface area contributed by atoms with Gasteiger partial charge in [-0.25, -0.2) is 0 Å². The van der Waals surface area contributed by atoms with Gasteiger partial charge in [-0.2, -0.15) is 0 Å². The molecule has 2 fully saturated rings. The number of aliphatic carboxylic acids is 1. The molecule has 0 aliphatic carbocycles. The van der Waals surface area contributed by atoms with E-state index in [2.05, 4.69) is 0 Å². The quantitative estimate of drug-likeness (QED) is 0.844. The number of hydrogen-bond donors (Lipinski definition) is 1. The maximum atomic E-state index is 12.9. The van der Waals surface area contributed by atoms with Gasteiger partial charge >= 0.3 is 5.97 Å². The molecule has 4 unspecified atom stereocenters. The summed E-state index contributed by atoms with van der Waals surface area (Å²) in [5, 5.41) is 9.94. The summed E-state index contributed by atoms with van der Waals surface area (Å²) in [6.45, 7) is 4.26. The molecule has 1 spiro atoms. The number of benzene rings is 1. The number of carboxylic acid groups (broad SMARTS) is 1. The van der Waals surface area contributed by atoms with Crippen LogP contribution in [0.15, 0.2) is 36.4 Å². The molecule has 1 amide bonds. The monoisotopic (exact) mass is 343 g/mol. The van der Waals surface area contributed by atoms with Crippen LogP contribution < -0.4 is 4.74 Å². The van der Waals surface area contributed by atoms with Crippen molar-refractivity contribution >= 4 is 11.9 Å². The molecule has 2 saturated heterocycles. The number of carbonyl (C=O) groups is 2. The predicted molar refractivity (Wildman–Crippen MR) is 89.1 cm³/mol. The average Bonchev–Trinajstić information content (AvgIpc) is 3.20. The van der Waals surface area contributed by atoms with Gasteiger partial charge in [0.1, 0.15) is 22.9 Å². The van der Waals surface area contributed by atoms with Crippen molar-refractivity contribution < 1.29 is 24.2 Å². The van der Waals surface area contributed by atoms with Gasteiger partial charge in [0, 0.05) is 6.04 Å². The first-order chi connectivity index (χ1) is 11.8. The lowest BCUT2D eigenvalue weighted by Crippen LogP contribution is -2.44. The lowest BCUT2D eigenvalue weighted by atomic mass is 9.69. The number of methoxy groups -OCH3 is 1. The SMILES string of the molecule is COc1ccc(C23C=CC4(CN(C(C)C)C(=O)C4C2C(=O)O)O3)cc1. The summed E-state index contributed by atoms with van der Waals surface area (Å²) >= 11 is 0. The van der Waals surface area contributed by atoms with Gasteiger partial charge in [0.2, 0.25) is 5.91 Å². The van der Waals surface area contributed by atoms with E-state index in [1.165, 1.54) is 0 Å². The summed E-state index contributed by atoms with van der Waals surface area (Å²) in [5.74, 6) is -2.10. The zero-order valence-corrected chi connectivity index (χ0v) is 14.4. The molecule has 0 radical (unpaired) electrons. The van der Waals surface area contributed by atoms with E-state index >= 15 is 0 Å². The minimum absolute atomic E-state index is 0.00917. The molecule has 3 aliphatic heterocycles. The Morgan fingerprint density at radius 2 is 2.00 bits per heavy atom. The van der Waals surface area contributed by atoms with Crippen LogP contribution in [0.25, 0.3) is 0 Å². The van der Waals surface area contributed by atoms with E-state index in [0.29, 0.717) is 12.3 Å². The van der Waals surface area contributed by atoms with Crippen molar-refractivity contribution in [2.75, 3.05) is 13.7 Å². The lowest BCUT2D eigenvalue weighted by Gasteiger charge is -2.32. The number of rotatable bonds is 4. The van der Waals surface area contributed by atoms with Crippen molar-refractivity contribution in [2.45, 2.75) is 31.1 Å². The van der Waals surface area contributed by atoms with Gasteiger partial charge in [-0.05, 0) is 37.6 Å².